The van der Waals surface area contributed by atoms with Crippen LogP contribution < -0.4 is 0 Å². The van der Waals surface area contributed by atoms with Crippen LogP contribution in [-0.4, -0.2) is 16.1 Å². The summed E-state index contributed by atoms with van der Waals surface area (Å²) in [5.41, 5.74) is 3.22. The van der Waals surface area contributed by atoms with Gasteiger partial charge in [0, 0.05) is 6.20 Å². The average Bonchev–Trinajstić information content (AvgIpc) is 2.39. The van der Waals surface area contributed by atoms with Gasteiger partial charge in [0.05, 0.1) is 0 Å². The number of hydrogen-bond donors (Lipinski definition) is 1. The van der Waals surface area contributed by atoms with Crippen LogP contribution >= 0.6 is 0 Å². The first-order chi connectivity index (χ1) is 8.20. The van der Waals surface area contributed by atoms with Crippen LogP contribution in [-0.2, 0) is 6.42 Å². The highest BCUT2D eigenvalue weighted by atomic mass is 16.4. The molecule has 0 atom stereocenters. The third kappa shape index (κ3) is 2.50. The second-order valence-electron chi connectivity index (χ2n) is 3.79. The van der Waals surface area contributed by atoms with Crippen LogP contribution in [0.2, 0.25) is 0 Å². The highest BCUT2D eigenvalue weighted by Gasteiger charge is 2.06. The molecule has 0 aliphatic carbocycles. The van der Waals surface area contributed by atoms with Crippen molar-refractivity contribution in [3.05, 3.63) is 53.9 Å². The van der Waals surface area contributed by atoms with Gasteiger partial charge in [-0.3, -0.25) is 0 Å². The molecular weight excluding hydrogens is 214 g/mol. The fourth-order valence-electron chi connectivity index (χ4n) is 1.66. The zero-order valence-corrected chi connectivity index (χ0v) is 9.55. The SMILES string of the molecule is CCc1ccc(-c2ccnc(C(=O)O)c2)cc1. The van der Waals surface area contributed by atoms with Crippen molar-refractivity contribution in [2.24, 2.45) is 0 Å². The highest BCUT2D eigenvalue weighted by molar-refractivity contribution is 5.87. The summed E-state index contributed by atoms with van der Waals surface area (Å²) in [6, 6.07) is 11.5. The lowest BCUT2D eigenvalue weighted by molar-refractivity contribution is 0.0690. The molecule has 86 valence electrons. The number of aromatic carboxylic acids is 1. The molecule has 0 saturated carbocycles. The van der Waals surface area contributed by atoms with E-state index < -0.39 is 5.97 Å². The van der Waals surface area contributed by atoms with Crippen molar-refractivity contribution in [1.82, 2.24) is 4.98 Å². The first-order valence-electron chi connectivity index (χ1n) is 5.49. The predicted molar refractivity (Wildman–Crippen MR) is 66.0 cm³/mol. The third-order valence-corrected chi connectivity index (χ3v) is 2.67. The summed E-state index contributed by atoms with van der Waals surface area (Å²) >= 11 is 0. The molecule has 1 aromatic heterocycles. The number of carboxylic acids is 1. The summed E-state index contributed by atoms with van der Waals surface area (Å²) < 4.78 is 0. The van der Waals surface area contributed by atoms with Crippen LogP contribution in [0, 0.1) is 0 Å². The maximum absolute atomic E-state index is 10.8. The van der Waals surface area contributed by atoms with E-state index >= 15 is 0 Å². The summed E-state index contributed by atoms with van der Waals surface area (Å²) in [6.07, 6.45) is 2.52. The molecule has 0 fully saturated rings. The van der Waals surface area contributed by atoms with Crippen LogP contribution in [0.25, 0.3) is 11.1 Å². The molecule has 0 amide bonds. The van der Waals surface area contributed by atoms with Crippen LogP contribution in [0.4, 0.5) is 0 Å². The largest absolute Gasteiger partial charge is 0.477 e. The number of aryl methyl sites for hydroxylation is 1. The van der Waals surface area contributed by atoms with Gasteiger partial charge in [0.15, 0.2) is 0 Å². The van der Waals surface area contributed by atoms with Crippen LogP contribution in [0.1, 0.15) is 23.0 Å². The van der Waals surface area contributed by atoms with E-state index in [1.165, 1.54) is 11.8 Å². The lowest BCUT2D eigenvalue weighted by atomic mass is 10.0. The van der Waals surface area contributed by atoms with E-state index in [0.29, 0.717) is 0 Å². The van der Waals surface area contributed by atoms with E-state index in [0.717, 1.165) is 17.5 Å². The monoisotopic (exact) mass is 227 g/mol. The van der Waals surface area contributed by atoms with Gasteiger partial charge in [-0.2, -0.15) is 0 Å². The fourth-order valence-corrected chi connectivity index (χ4v) is 1.66. The molecule has 2 aromatic rings. The van der Waals surface area contributed by atoms with E-state index in [-0.39, 0.29) is 5.69 Å². The van der Waals surface area contributed by atoms with Crippen LogP contribution in [0.5, 0.6) is 0 Å². The zero-order valence-electron chi connectivity index (χ0n) is 9.55. The molecule has 3 nitrogen and oxygen atoms in total. The first-order valence-corrected chi connectivity index (χ1v) is 5.49. The summed E-state index contributed by atoms with van der Waals surface area (Å²) in [5, 5.41) is 8.88. The van der Waals surface area contributed by atoms with Gasteiger partial charge in [-0.15, -0.1) is 0 Å². The minimum atomic E-state index is -1.00. The van der Waals surface area contributed by atoms with Crippen molar-refractivity contribution in [3.8, 4) is 11.1 Å². The van der Waals surface area contributed by atoms with Crippen molar-refractivity contribution in [2.75, 3.05) is 0 Å². The third-order valence-electron chi connectivity index (χ3n) is 2.67. The molecule has 0 aliphatic rings. The van der Waals surface area contributed by atoms with Crippen molar-refractivity contribution < 1.29 is 9.90 Å². The Kier molecular flexibility index (Phi) is 3.19. The quantitative estimate of drug-likeness (QED) is 0.876. The molecule has 2 rings (SSSR count). The van der Waals surface area contributed by atoms with Gasteiger partial charge in [0.1, 0.15) is 5.69 Å². The molecule has 1 heterocycles. The van der Waals surface area contributed by atoms with E-state index in [4.69, 9.17) is 5.11 Å². The van der Waals surface area contributed by atoms with E-state index in [9.17, 15) is 4.79 Å². The molecule has 0 radical (unpaired) electrons. The van der Waals surface area contributed by atoms with E-state index in [2.05, 4.69) is 24.0 Å². The molecule has 0 saturated heterocycles. The van der Waals surface area contributed by atoms with Crippen molar-refractivity contribution in [2.45, 2.75) is 13.3 Å². The van der Waals surface area contributed by atoms with Crippen molar-refractivity contribution in [3.63, 3.8) is 0 Å². The Hall–Kier alpha value is -2.16. The smallest absolute Gasteiger partial charge is 0.354 e. The van der Waals surface area contributed by atoms with Gasteiger partial charge < -0.3 is 5.11 Å². The van der Waals surface area contributed by atoms with Gasteiger partial charge >= 0.3 is 5.97 Å². The fraction of sp³-hybridized carbons (Fsp3) is 0.143. The number of rotatable bonds is 3. The molecule has 17 heavy (non-hydrogen) atoms. The molecule has 3 heteroatoms. The number of benzene rings is 1. The van der Waals surface area contributed by atoms with Crippen LogP contribution in [0.3, 0.4) is 0 Å². The van der Waals surface area contributed by atoms with Gasteiger partial charge in [0.25, 0.3) is 0 Å². The Labute approximate surface area is 99.8 Å². The second kappa shape index (κ2) is 4.78. The maximum Gasteiger partial charge on any atom is 0.354 e. The number of carboxylic acid groups (broad SMARTS) is 1. The lowest BCUT2D eigenvalue weighted by Gasteiger charge is -2.03. The second-order valence-corrected chi connectivity index (χ2v) is 3.79. The predicted octanol–water partition coefficient (Wildman–Crippen LogP) is 3.01. The topological polar surface area (TPSA) is 50.2 Å². The molecule has 0 unspecified atom stereocenters. The lowest BCUT2D eigenvalue weighted by Crippen LogP contribution is -1.99. The van der Waals surface area contributed by atoms with Gasteiger partial charge in [-0.25, -0.2) is 9.78 Å². The number of pyridine rings is 1. The van der Waals surface area contributed by atoms with Gasteiger partial charge in [0.2, 0.25) is 0 Å². The van der Waals surface area contributed by atoms with Gasteiger partial charge in [-0.1, -0.05) is 31.2 Å². The normalized spacial score (nSPS) is 10.2. The minimum Gasteiger partial charge on any atom is -0.477 e. The molecule has 0 bridgehead atoms. The standard InChI is InChI=1S/C14H13NO2/c1-2-10-3-5-11(6-4-10)12-7-8-15-13(9-12)14(16)17/h3-9H,2H2,1H3,(H,16,17). The van der Waals surface area contributed by atoms with Crippen LogP contribution in [0.15, 0.2) is 42.6 Å². The molecule has 1 N–H and O–H groups in total. The molecular formula is C14H13NO2. The summed E-state index contributed by atoms with van der Waals surface area (Å²) in [5.74, 6) is -1.00. The number of carbonyl (C=O) groups is 1. The molecule has 1 aromatic carbocycles. The van der Waals surface area contributed by atoms with Crippen molar-refractivity contribution in [1.29, 1.82) is 0 Å². The van der Waals surface area contributed by atoms with Gasteiger partial charge in [-0.05, 0) is 35.2 Å². The first kappa shape index (κ1) is 11.3. The Morgan fingerprint density at radius 2 is 1.88 bits per heavy atom. The number of nitrogens with zero attached hydrogens (tertiary/aromatic N) is 1. The maximum atomic E-state index is 10.8. The van der Waals surface area contributed by atoms with Crippen molar-refractivity contribution >= 4 is 5.97 Å². The van der Waals surface area contributed by atoms with E-state index in [1.54, 1.807) is 6.07 Å². The Bertz CT molecular complexity index is 532. The summed E-state index contributed by atoms with van der Waals surface area (Å²) in [7, 11) is 0. The Morgan fingerprint density at radius 1 is 1.18 bits per heavy atom. The highest BCUT2D eigenvalue weighted by Crippen LogP contribution is 2.20. The Morgan fingerprint density at radius 3 is 2.47 bits per heavy atom. The minimum absolute atomic E-state index is 0.0714. The summed E-state index contributed by atoms with van der Waals surface area (Å²) in [6.45, 7) is 2.10. The number of aromatic nitrogens is 1. The molecule has 0 spiro atoms. The average molecular weight is 227 g/mol. The summed E-state index contributed by atoms with van der Waals surface area (Å²) in [4.78, 5) is 14.6. The number of hydrogen-bond acceptors (Lipinski definition) is 2. The molecule has 0 aliphatic heterocycles. The Balaban J connectivity index is 2.38. The zero-order chi connectivity index (χ0) is 12.3. The van der Waals surface area contributed by atoms with E-state index in [1.807, 2.05) is 18.2 Å².